The van der Waals surface area contributed by atoms with Gasteiger partial charge in [0, 0.05) is 25.2 Å². The van der Waals surface area contributed by atoms with Gasteiger partial charge in [0.15, 0.2) is 0 Å². The van der Waals surface area contributed by atoms with E-state index in [1.807, 2.05) is 0 Å². The van der Waals surface area contributed by atoms with E-state index in [0.29, 0.717) is 30.2 Å². The molecule has 0 spiro atoms. The van der Waals surface area contributed by atoms with E-state index in [1.165, 1.54) is 23.5 Å². The van der Waals surface area contributed by atoms with Gasteiger partial charge >= 0.3 is 0 Å². The van der Waals surface area contributed by atoms with E-state index < -0.39 is 10.0 Å². The van der Waals surface area contributed by atoms with Crippen LogP contribution in [0.5, 0.6) is 0 Å². The van der Waals surface area contributed by atoms with E-state index in [4.69, 9.17) is 33.7 Å². The average Bonchev–Trinajstić information content (AvgIpc) is 2.91. The van der Waals surface area contributed by atoms with Crippen molar-refractivity contribution in [2.24, 2.45) is 5.73 Å². The van der Waals surface area contributed by atoms with Gasteiger partial charge in [-0.15, -0.1) is 0 Å². The number of sulfonamides is 1. The molecule has 0 aromatic heterocycles. The maximum absolute atomic E-state index is 12.6. The Hall–Kier alpha value is -0.370. The number of ether oxygens (including phenoxy) is 1. The van der Waals surface area contributed by atoms with Gasteiger partial charge < -0.3 is 10.5 Å². The zero-order valence-electron chi connectivity index (χ0n) is 11.0. The molecule has 0 radical (unpaired) electrons. The number of nitrogens with zero attached hydrogens (tertiary/aromatic N) is 1. The van der Waals surface area contributed by atoms with Crippen LogP contribution in [0, 0.1) is 0 Å². The van der Waals surface area contributed by atoms with Crippen molar-refractivity contribution in [1.29, 1.82) is 0 Å². The molecule has 0 saturated carbocycles. The van der Waals surface area contributed by atoms with Crippen LogP contribution >= 0.6 is 23.2 Å². The van der Waals surface area contributed by atoms with Crippen LogP contribution in [0.15, 0.2) is 17.0 Å². The van der Waals surface area contributed by atoms with Gasteiger partial charge in [0.25, 0.3) is 0 Å². The first kappa shape index (κ1) is 16.0. The highest BCUT2D eigenvalue weighted by molar-refractivity contribution is 7.89. The predicted octanol–water partition coefficient (Wildman–Crippen LogP) is 1.86. The number of likely N-dealkylation sites (N-methyl/N-ethyl adjacent to an activating group) is 1. The van der Waals surface area contributed by atoms with Crippen LogP contribution in [-0.2, 0) is 21.3 Å². The molecule has 112 valence electrons. The van der Waals surface area contributed by atoms with Crippen molar-refractivity contribution < 1.29 is 13.2 Å². The minimum absolute atomic E-state index is 0.0263. The molecule has 8 heteroatoms. The van der Waals surface area contributed by atoms with Crippen LogP contribution in [-0.4, -0.2) is 39.0 Å². The van der Waals surface area contributed by atoms with Gasteiger partial charge in [-0.3, -0.25) is 0 Å². The number of hydrogen-bond donors (Lipinski definition) is 1. The number of hydrogen-bond acceptors (Lipinski definition) is 4. The van der Waals surface area contributed by atoms with E-state index in [9.17, 15) is 8.42 Å². The third kappa shape index (κ3) is 2.95. The minimum Gasteiger partial charge on any atom is -0.380 e. The molecule has 1 aromatic rings. The molecule has 1 aromatic carbocycles. The lowest BCUT2D eigenvalue weighted by Crippen LogP contribution is -2.37. The molecule has 1 aliphatic heterocycles. The van der Waals surface area contributed by atoms with Crippen molar-refractivity contribution in [3.8, 4) is 0 Å². The van der Waals surface area contributed by atoms with Crippen LogP contribution < -0.4 is 5.73 Å². The molecule has 20 heavy (non-hydrogen) atoms. The Balaban J connectivity index is 2.43. The summed E-state index contributed by atoms with van der Waals surface area (Å²) in [5.74, 6) is 0. The normalized spacial score (nSPS) is 19.8. The second kappa shape index (κ2) is 6.17. The van der Waals surface area contributed by atoms with Crippen molar-refractivity contribution in [3.63, 3.8) is 0 Å². The highest BCUT2D eigenvalue weighted by Gasteiger charge is 2.32. The fourth-order valence-corrected chi connectivity index (χ4v) is 4.30. The number of benzene rings is 1. The third-order valence-corrected chi connectivity index (χ3v) is 6.12. The summed E-state index contributed by atoms with van der Waals surface area (Å²) in [5.41, 5.74) is 6.10. The van der Waals surface area contributed by atoms with E-state index in [-0.39, 0.29) is 22.5 Å². The smallest absolute Gasteiger partial charge is 0.244 e. The molecule has 0 bridgehead atoms. The highest BCUT2D eigenvalue weighted by Crippen LogP contribution is 2.31. The fourth-order valence-electron chi connectivity index (χ4n) is 2.09. The summed E-state index contributed by atoms with van der Waals surface area (Å²) in [6.07, 6.45) is 0.671. The molecule has 0 aliphatic carbocycles. The van der Waals surface area contributed by atoms with Crippen LogP contribution in [0.25, 0.3) is 0 Å². The van der Waals surface area contributed by atoms with Crippen molar-refractivity contribution in [2.45, 2.75) is 23.9 Å². The average molecular weight is 339 g/mol. The standard InChI is InChI=1S/C12H16Cl2N2O3S/c1-16(9-2-3-19-7-9)20(17,18)12-4-8(6-15)10(13)5-11(12)14/h4-5,9H,2-3,6-7,15H2,1H3. The van der Waals surface area contributed by atoms with Gasteiger partial charge in [-0.1, -0.05) is 23.2 Å². The first-order valence-corrected chi connectivity index (χ1v) is 8.31. The Morgan fingerprint density at radius 1 is 1.40 bits per heavy atom. The zero-order valence-corrected chi connectivity index (χ0v) is 13.3. The Bertz CT molecular complexity index is 601. The maximum atomic E-state index is 12.6. The maximum Gasteiger partial charge on any atom is 0.244 e. The zero-order chi connectivity index (χ0) is 14.9. The number of halogens is 2. The molecule has 1 heterocycles. The summed E-state index contributed by atoms with van der Waals surface area (Å²) in [7, 11) is -2.17. The molecule has 1 unspecified atom stereocenters. The lowest BCUT2D eigenvalue weighted by atomic mass is 10.2. The van der Waals surface area contributed by atoms with Gasteiger partial charge in [-0.05, 0) is 24.1 Å². The first-order valence-electron chi connectivity index (χ1n) is 6.11. The van der Waals surface area contributed by atoms with Crippen molar-refractivity contribution in [3.05, 3.63) is 27.7 Å². The van der Waals surface area contributed by atoms with E-state index in [2.05, 4.69) is 0 Å². The Morgan fingerprint density at radius 3 is 2.65 bits per heavy atom. The summed E-state index contributed by atoms with van der Waals surface area (Å²) in [6, 6.07) is 2.68. The Labute approximate surface area is 128 Å². The van der Waals surface area contributed by atoms with Gasteiger partial charge in [0.2, 0.25) is 10.0 Å². The lowest BCUT2D eigenvalue weighted by molar-refractivity contribution is 0.181. The van der Waals surface area contributed by atoms with Crippen molar-refractivity contribution in [1.82, 2.24) is 4.31 Å². The van der Waals surface area contributed by atoms with Crippen molar-refractivity contribution >= 4 is 33.2 Å². The molecule has 1 aliphatic rings. The molecular formula is C12H16Cl2N2O3S. The topological polar surface area (TPSA) is 72.6 Å². The second-order valence-electron chi connectivity index (χ2n) is 4.62. The third-order valence-electron chi connectivity index (χ3n) is 3.40. The molecular weight excluding hydrogens is 323 g/mol. The number of rotatable bonds is 4. The molecule has 2 rings (SSSR count). The highest BCUT2D eigenvalue weighted by atomic mass is 35.5. The van der Waals surface area contributed by atoms with Gasteiger partial charge in [0.1, 0.15) is 4.90 Å². The molecule has 2 N–H and O–H groups in total. The van der Waals surface area contributed by atoms with Crippen molar-refractivity contribution in [2.75, 3.05) is 20.3 Å². The van der Waals surface area contributed by atoms with Crippen LogP contribution in [0.2, 0.25) is 10.0 Å². The monoisotopic (exact) mass is 338 g/mol. The molecule has 1 fully saturated rings. The predicted molar refractivity (Wildman–Crippen MR) is 78.5 cm³/mol. The van der Waals surface area contributed by atoms with E-state index >= 15 is 0 Å². The molecule has 5 nitrogen and oxygen atoms in total. The van der Waals surface area contributed by atoms with Crippen LogP contribution in [0.4, 0.5) is 0 Å². The minimum atomic E-state index is -3.70. The summed E-state index contributed by atoms with van der Waals surface area (Å²) in [4.78, 5) is 0.0263. The molecule has 0 amide bonds. The molecule has 1 saturated heterocycles. The summed E-state index contributed by atoms with van der Waals surface area (Å²) >= 11 is 12.0. The largest absolute Gasteiger partial charge is 0.380 e. The summed E-state index contributed by atoms with van der Waals surface area (Å²) < 4.78 is 31.8. The fraction of sp³-hybridized carbons (Fsp3) is 0.500. The molecule has 1 atom stereocenters. The van der Waals surface area contributed by atoms with Crippen LogP contribution in [0.3, 0.4) is 0 Å². The van der Waals surface area contributed by atoms with Gasteiger partial charge in [-0.25, -0.2) is 8.42 Å². The quantitative estimate of drug-likeness (QED) is 0.909. The van der Waals surface area contributed by atoms with E-state index in [0.717, 1.165) is 0 Å². The Kier molecular flexibility index (Phi) is 4.94. The van der Waals surface area contributed by atoms with Crippen LogP contribution in [0.1, 0.15) is 12.0 Å². The number of nitrogens with two attached hydrogens (primary N) is 1. The van der Waals surface area contributed by atoms with Gasteiger partial charge in [-0.2, -0.15) is 4.31 Å². The second-order valence-corrected chi connectivity index (χ2v) is 7.40. The first-order chi connectivity index (χ1) is 9.37. The van der Waals surface area contributed by atoms with E-state index in [1.54, 1.807) is 0 Å². The summed E-state index contributed by atoms with van der Waals surface area (Å²) in [5, 5.41) is 0.460. The Morgan fingerprint density at radius 2 is 2.10 bits per heavy atom. The summed E-state index contributed by atoms with van der Waals surface area (Å²) in [6.45, 7) is 1.10. The van der Waals surface area contributed by atoms with Gasteiger partial charge in [0.05, 0.1) is 17.7 Å². The SMILES string of the molecule is CN(C1CCOC1)S(=O)(=O)c1cc(CN)c(Cl)cc1Cl. The lowest BCUT2D eigenvalue weighted by Gasteiger charge is -2.23.